The predicted molar refractivity (Wildman–Crippen MR) is 119 cm³/mol. The second kappa shape index (κ2) is 11.8. The summed E-state index contributed by atoms with van der Waals surface area (Å²) in [7, 11) is 0. The van der Waals surface area contributed by atoms with E-state index in [0.717, 1.165) is 28.9 Å². The largest absolute Gasteiger partial charge is 0.489 e. The third-order valence-electron chi connectivity index (χ3n) is 4.98. The van der Waals surface area contributed by atoms with Crippen molar-refractivity contribution in [3.63, 3.8) is 0 Å². The van der Waals surface area contributed by atoms with Crippen LogP contribution in [0.1, 0.15) is 36.0 Å². The van der Waals surface area contributed by atoms with Gasteiger partial charge >= 0.3 is 0 Å². The first-order valence-corrected chi connectivity index (χ1v) is 10.4. The van der Waals surface area contributed by atoms with Crippen LogP contribution in [0.3, 0.4) is 0 Å². The Labute approximate surface area is 178 Å². The maximum absolute atomic E-state index is 12.0. The van der Waals surface area contributed by atoms with E-state index in [0.29, 0.717) is 32.4 Å². The van der Waals surface area contributed by atoms with Crippen molar-refractivity contribution in [1.82, 2.24) is 5.32 Å². The van der Waals surface area contributed by atoms with Gasteiger partial charge in [0.1, 0.15) is 12.4 Å². The van der Waals surface area contributed by atoms with Crippen molar-refractivity contribution in [3.05, 3.63) is 102 Å². The van der Waals surface area contributed by atoms with Gasteiger partial charge in [0.25, 0.3) is 0 Å². The molecule has 0 aromatic heterocycles. The van der Waals surface area contributed by atoms with Crippen molar-refractivity contribution < 1.29 is 14.6 Å². The summed E-state index contributed by atoms with van der Waals surface area (Å²) in [4.78, 5) is 12.0. The summed E-state index contributed by atoms with van der Waals surface area (Å²) in [5.41, 5.74) is 3.36. The van der Waals surface area contributed by atoms with E-state index < -0.39 is 6.10 Å². The molecule has 0 saturated carbocycles. The maximum atomic E-state index is 12.0. The van der Waals surface area contributed by atoms with Gasteiger partial charge in [-0.15, -0.1) is 0 Å². The van der Waals surface area contributed by atoms with E-state index >= 15 is 0 Å². The highest BCUT2D eigenvalue weighted by Crippen LogP contribution is 2.16. The second-order valence-electron chi connectivity index (χ2n) is 7.41. The molecule has 3 aromatic rings. The molecule has 0 aliphatic rings. The fourth-order valence-electron chi connectivity index (χ4n) is 3.15. The third-order valence-corrected chi connectivity index (χ3v) is 4.98. The van der Waals surface area contributed by atoms with Crippen molar-refractivity contribution >= 4 is 5.91 Å². The molecule has 3 rings (SSSR count). The van der Waals surface area contributed by atoms with Crippen molar-refractivity contribution in [3.8, 4) is 5.75 Å². The molecule has 1 atom stereocenters. The smallest absolute Gasteiger partial charge is 0.220 e. The number of ether oxygens (including phenoxy) is 1. The van der Waals surface area contributed by atoms with Crippen molar-refractivity contribution in [2.24, 2.45) is 0 Å². The summed E-state index contributed by atoms with van der Waals surface area (Å²) in [6, 6.07) is 27.9. The minimum atomic E-state index is -0.485. The number of aryl methyl sites for hydroxylation is 1. The predicted octanol–water partition coefficient (Wildman–Crippen LogP) is 4.66. The average Bonchev–Trinajstić information content (AvgIpc) is 2.80. The van der Waals surface area contributed by atoms with E-state index in [1.165, 1.54) is 0 Å². The average molecular weight is 404 g/mol. The monoisotopic (exact) mass is 403 g/mol. The molecule has 4 heteroatoms. The Bertz CT molecular complexity index is 879. The summed E-state index contributed by atoms with van der Waals surface area (Å²) in [6.07, 6.45) is 1.72. The Hall–Kier alpha value is -3.11. The van der Waals surface area contributed by atoms with Gasteiger partial charge < -0.3 is 15.2 Å². The minimum Gasteiger partial charge on any atom is -0.489 e. The zero-order chi connectivity index (χ0) is 21.0. The maximum Gasteiger partial charge on any atom is 0.220 e. The number of aliphatic hydroxyl groups excluding tert-OH is 1. The summed E-state index contributed by atoms with van der Waals surface area (Å²) in [5.74, 6) is 0.802. The number of carbonyl (C=O) groups is 1. The molecule has 3 aromatic carbocycles. The lowest BCUT2D eigenvalue weighted by Gasteiger charge is -2.11. The van der Waals surface area contributed by atoms with Crippen molar-refractivity contribution in [1.29, 1.82) is 0 Å². The molecule has 1 amide bonds. The van der Waals surface area contributed by atoms with Crippen LogP contribution in [-0.2, 0) is 24.4 Å². The Kier molecular flexibility index (Phi) is 8.48. The molecule has 4 nitrogen and oxygen atoms in total. The molecular formula is C26H29NO3. The van der Waals surface area contributed by atoms with Gasteiger partial charge in [-0.2, -0.15) is 0 Å². The molecule has 2 N–H and O–H groups in total. The first-order valence-electron chi connectivity index (χ1n) is 10.4. The van der Waals surface area contributed by atoms with Gasteiger partial charge in [-0.05, 0) is 48.1 Å². The van der Waals surface area contributed by atoms with Gasteiger partial charge in [-0.3, -0.25) is 4.79 Å². The molecule has 0 bridgehead atoms. The molecule has 156 valence electrons. The molecule has 0 saturated heterocycles. The van der Waals surface area contributed by atoms with E-state index in [9.17, 15) is 9.90 Å². The molecule has 0 radical (unpaired) electrons. The van der Waals surface area contributed by atoms with E-state index in [1.54, 1.807) is 0 Å². The topological polar surface area (TPSA) is 58.6 Å². The van der Waals surface area contributed by atoms with Crippen LogP contribution in [0.25, 0.3) is 0 Å². The molecule has 0 aliphatic heterocycles. The van der Waals surface area contributed by atoms with Crippen LogP contribution in [0, 0.1) is 0 Å². The van der Waals surface area contributed by atoms with Crippen LogP contribution in [-0.4, -0.2) is 17.1 Å². The summed E-state index contributed by atoms with van der Waals surface area (Å²) >= 11 is 0. The lowest BCUT2D eigenvalue weighted by atomic mass is 10.0. The lowest BCUT2D eigenvalue weighted by molar-refractivity contribution is -0.121. The molecule has 0 fully saturated rings. The first-order chi connectivity index (χ1) is 14.7. The van der Waals surface area contributed by atoms with Gasteiger partial charge in [0.2, 0.25) is 5.91 Å². The van der Waals surface area contributed by atoms with Crippen LogP contribution in [0.15, 0.2) is 84.9 Å². The Morgan fingerprint density at radius 3 is 2.10 bits per heavy atom. The van der Waals surface area contributed by atoms with E-state index in [2.05, 4.69) is 5.32 Å². The number of aliphatic hydroxyl groups is 1. The third kappa shape index (κ3) is 7.72. The number of nitrogens with one attached hydrogen (secondary N) is 1. The Morgan fingerprint density at radius 1 is 0.800 bits per heavy atom. The van der Waals surface area contributed by atoms with Crippen LogP contribution in [0.5, 0.6) is 5.75 Å². The quantitative estimate of drug-likeness (QED) is 0.490. The fraction of sp³-hybridized carbons (Fsp3) is 0.269. The normalized spacial score (nSPS) is 11.6. The standard InChI is InChI=1S/C26H29NO3/c28-24(15-18-26(29)27-19-22-7-3-1-4-8-22)14-11-21-12-16-25(17-13-21)30-20-23-9-5-2-6-10-23/h1-10,12-13,16-17,24,28H,11,14-15,18-20H2,(H,27,29)/t24-/m0/s1. The van der Waals surface area contributed by atoms with Crippen molar-refractivity contribution in [2.75, 3.05) is 0 Å². The Morgan fingerprint density at radius 2 is 1.43 bits per heavy atom. The van der Waals surface area contributed by atoms with Crippen LogP contribution in [0.4, 0.5) is 0 Å². The number of benzene rings is 3. The molecule has 0 aliphatic carbocycles. The zero-order valence-electron chi connectivity index (χ0n) is 17.2. The van der Waals surface area contributed by atoms with Gasteiger partial charge in [0, 0.05) is 13.0 Å². The number of hydrogen-bond acceptors (Lipinski definition) is 3. The number of amides is 1. The fourth-order valence-corrected chi connectivity index (χ4v) is 3.15. The SMILES string of the molecule is O=C(CC[C@@H](O)CCc1ccc(OCc2ccccc2)cc1)NCc1ccccc1. The highest BCUT2D eigenvalue weighted by Gasteiger charge is 2.09. The molecule has 0 unspecified atom stereocenters. The first kappa shape index (κ1) is 21.6. The minimum absolute atomic E-state index is 0.0298. The number of carbonyl (C=O) groups excluding carboxylic acids is 1. The van der Waals surface area contributed by atoms with Crippen LogP contribution >= 0.6 is 0 Å². The molecule has 30 heavy (non-hydrogen) atoms. The molecule has 0 heterocycles. The Balaban J connectivity index is 1.32. The van der Waals surface area contributed by atoms with E-state index in [4.69, 9.17) is 4.74 Å². The van der Waals surface area contributed by atoms with Gasteiger partial charge in [0.15, 0.2) is 0 Å². The molecular weight excluding hydrogens is 374 g/mol. The number of rotatable bonds is 11. The van der Waals surface area contributed by atoms with Crippen molar-refractivity contribution in [2.45, 2.75) is 44.9 Å². The number of hydrogen-bond donors (Lipinski definition) is 2. The lowest BCUT2D eigenvalue weighted by Crippen LogP contribution is -2.24. The highest BCUT2D eigenvalue weighted by atomic mass is 16.5. The van der Waals surface area contributed by atoms with Crippen LogP contribution in [0.2, 0.25) is 0 Å². The van der Waals surface area contributed by atoms with Gasteiger partial charge in [0.05, 0.1) is 6.10 Å². The van der Waals surface area contributed by atoms with E-state index in [1.807, 2.05) is 84.9 Å². The van der Waals surface area contributed by atoms with E-state index in [-0.39, 0.29) is 5.91 Å². The van der Waals surface area contributed by atoms with Gasteiger partial charge in [-0.1, -0.05) is 72.8 Å². The second-order valence-corrected chi connectivity index (χ2v) is 7.41. The zero-order valence-corrected chi connectivity index (χ0v) is 17.2. The van der Waals surface area contributed by atoms with Gasteiger partial charge in [-0.25, -0.2) is 0 Å². The van der Waals surface area contributed by atoms with Crippen LogP contribution < -0.4 is 10.1 Å². The molecule has 0 spiro atoms. The summed E-state index contributed by atoms with van der Waals surface area (Å²) in [6.45, 7) is 1.07. The summed E-state index contributed by atoms with van der Waals surface area (Å²) < 4.78 is 5.80. The highest BCUT2D eigenvalue weighted by molar-refractivity contribution is 5.75. The summed E-state index contributed by atoms with van der Waals surface area (Å²) in [5, 5.41) is 13.1.